The molecule has 2 unspecified atom stereocenters. The largest absolute Gasteiger partial charge is 0.369 e. The van der Waals surface area contributed by atoms with Gasteiger partial charge >= 0.3 is 0 Å². The molecule has 3 N–H and O–H groups in total. The van der Waals surface area contributed by atoms with Crippen molar-refractivity contribution in [3.63, 3.8) is 0 Å². The topological polar surface area (TPSA) is 113 Å². The normalized spacial score (nSPS) is 30.9. The van der Waals surface area contributed by atoms with E-state index in [1.54, 1.807) is 0 Å². The number of amides is 1. The summed E-state index contributed by atoms with van der Waals surface area (Å²) < 4.78 is 6.25. The number of nitrogens with one attached hydrogen (secondary N) is 1. The molecule has 4 aliphatic rings. The fraction of sp³-hybridized carbons (Fsp3) is 0.538. The maximum Gasteiger partial charge on any atom is 0.223 e. The summed E-state index contributed by atoms with van der Waals surface area (Å²) in [7, 11) is 0. The molecule has 0 spiro atoms. The quantitative estimate of drug-likeness (QED) is 0.305. The number of para-hydroxylation sites is 1. The number of nitrogens with two attached hydrogens (primary N) is 1. The Kier molecular flexibility index (Phi) is 5.37. The number of amidine groups is 1. The molecular weight excluding hydrogens is 414 g/mol. The number of fused-ring (bicyclic) bond motifs is 1. The molecule has 2 aromatic rings. The van der Waals surface area contributed by atoms with Gasteiger partial charge in [0, 0.05) is 10.8 Å². The highest BCUT2D eigenvalue weighted by Gasteiger charge is 2.58. The zero-order chi connectivity index (χ0) is 23.2. The molecule has 7 heteroatoms. The Bertz CT molecular complexity index is 1130. The molecule has 0 radical (unpaired) electrons. The summed E-state index contributed by atoms with van der Waals surface area (Å²) in [5.41, 5.74) is 6.45. The van der Waals surface area contributed by atoms with Gasteiger partial charge in [-0.05, 0) is 75.8 Å². The SMILES string of the molecule is CC(C)(OCc1ccc2ccccc2n1)C(=NC1C2CC3CC1CC(C(N)=O)(C3)C2)NC#N. The molecule has 0 saturated heterocycles. The van der Waals surface area contributed by atoms with Crippen molar-refractivity contribution in [1.29, 1.82) is 5.26 Å². The van der Waals surface area contributed by atoms with Gasteiger partial charge in [-0.2, -0.15) is 5.26 Å². The molecule has 1 aromatic heterocycles. The lowest BCUT2D eigenvalue weighted by Gasteiger charge is -2.57. The lowest BCUT2D eigenvalue weighted by Crippen LogP contribution is -2.58. The lowest BCUT2D eigenvalue weighted by molar-refractivity contribution is -0.144. The first kappa shape index (κ1) is 21.8. The third-order valence-electron chi connectivity index (χ3n) is 8.01. The Morgan fingerprint density at radius 3 is 2.67 bits per heavy atom. The number of benzene rings is 1. The molecule has 1 amide bonds. The second-order valence-corrected chi connectivity index (χ2v) is 10.6. The summed E-state index contributed by atoms with van der Waals surface area (Å²) in [6, 6.07) is 12.1. The summed E-state index contributed by atoms with van der Waals surface area (Å²) in [5.74, 6) is 1.62. The van der Waals surface area contributed by atoms with E-state index in [1.807, 2.05) is 56.4 Å². The molecule has 4 fully saturated rings. The van der Waals surface area contributed by atoms with E-state index in [2.05, 4.69) is 10.3 Å². The summed E-state index contributed by atoms with van der Waals surface area (Å²) >= 11 is 0. The van der Waals surface area contributed by atoms with Crippen molar-refractivity contribution in [2.75, 3.05) is 0 Å². The van der Waals surface area contributed by atoms with Crippen LogP contribution in [0.5, 0.6) is 0 Å². The molecule has 172 valence electrons. The maximum absolute atomic E-state index is 12.3. The standard InChI is InChI=1S/C26H31N5O2/c1-25(2,33-14-20-8-7-17-5-3-4-6-21(17)30-20)24(29-15-27)31-22-18-9-16-10-19(22)13-26(11-16,12-18)23(28)32/h3-8,16,18-19,22H,9-14H2,1-2H3,(H2,28,32)(H,29,31). The molecular formula is C26H31N5O2. The minimum absolute atomic E-state index is 0.0894. The molecule has 1 aromatic carbocycles. The monoisotopic (exact) mass is 445 g/mol. The number of aromatic nitrogens is 1. The van der Waals surface area contributed by atoms with Gasteiger partial charge in [0.2, 0.25) is 5.91 Å². The van der Waals surface area contributed by atoms with Crippen molar-refractivity contribution in [2.24, 2.45) is 33.9 Å². The van der Waals surface area contributed by atoms with Crippen molar-refractivity contribution in [1.82, 2.24) is 10.3 Å². The van der Waals surface area contributed by atoms with Crippen LogP contribution in [0.15, 0.2) is 41.4 Å². The molecule has 6 rings (SSSR count). The number of nitriles is 1. The highest BCUT2D eigenvalue weighted by Crippen LogP contribution is 2.60. The van der Waals surface area contributed by atoms with E-state index in [-0.39, 0.29) is 17.4 Å². The second kappa shape index (κ2) is 8.11. The van der Waals surface area contributed by atoms with Crippen LogP contribution in [0.4, 0.5) is 0 Å². The van der Waals surface area contributed by atoms with Crippen LogP contribution < -0.4 is 11.1 Å². The number of hydrogen-bond donors (Lipinski definition) is 2. The van der Waals surface area contributed by atoms with Crippen LogP contribution >= 0.6 is 0 Å². The van der Waals surface area contributed by atoms with Gasteiger partial charge in [-0.25, -0.2) is 0 Å². The first-order valence-corrected chi connectivity index (χ1v) is 11.8. The number of nitrogens with zero attached hydrogens (tertiary/aromatic N) is 3. The van der Waals surface area contributed by atoms with E-state index in [1.165, 1.54) is 0 Å². The van der Waals surface area contributed by atoms with Crippen LogP contribution in [0.3, 0.4) is 0 Å². The Balaban J connectivity index is 1.35. The van der Waals surface area contributed by atoms with Crippen molar-refractivity contribution >= 4 is 22.6 Å². The van der Waals surface area contributed by atoms with E-state index >= 15 is 0 Å². The zero-order valence-corrected chi connectivity index (χ0v) is 19.3. The van der Waals surface area contributed by atoms with Crippen LogP contribution in [-0.4, -0.2) is 28.4 Å². The number of carbonyl (C=O) groups is 1. The first-order valence-electron chi connectivity index (χ1n) is 11.8. The highest BCUT2D eigenvalue weighted by atomic mass is 16.5. The summed E-state index contributed by atoms with van der Waals surface area (Å²) in [6.07, 6.45) is 6.77. The lowest BCUT2D eigenvalue weighted by atomic mass is 9.48. The Morgan fingerprint density at radius 1 is 1.24 bits per heavy atom. The van der Waals surface area contributed by atoms with E-state index in [0.717, 1.165) is 48.7 Å². The van der Waals surface area contributed by atoms with E-state index in [0.29, 0.717) is 30.2 Å². The van der Waals surface area contributed by atoms with Gasteiger partial charge in [-0.3, -0.25) is 20.1 Å². The number of ether oxygens (including phenoxy) is 1. The van der Waals surface area contributed by atoms with Gasteiger partial charge in [0.05, 0.1) is 23.9 Å². The van der Waals surface area contributed by atoms with Crippen LogP contribution in [-0.2, 0) is 16.1 Å². The number of carbonyl (C=O) groups excluding carboxylic acids is 1. The van der Waals surface area contributed by atoms with E-state index < -0.39 is 5.60 Å². The van der Waals surface area contributed by atoms with Crippen molar-refractivity contribution in [2.45, 2.75) is 64.2 Å². The van der Waals surface area contributed by atoms with Crippen LogP contribution in [0, 0.1) is 34.6 Å². The summed E-state index contributed by atoms with van der Waals surface area (Å²) in [5, 5.41) is 13.3. The molecule has 4 saturated carbocycles. The van der Waals surface area contributed by atoms with Crippen molar-refractivity contribution in [3.05, 3.63) is 42.1 Å². The average molecular weight is 446 g/mol. The Morgan fingerprint density at radius 2 is 1.97 bits per heavy atom. The third kappa shape index (κ3) is 3.97. The van der Waals surface area contributed by atoms with E-state index in [4.69, 9.17) is 15.5 Å². The molecule has 33 heavy (non-hydrogen) atoms. The van der Waals surface area contributed by atoms with Gasteiger partial charge in [0.15, 0.2) is 6.19 Å². The third-order valence-corrected chi connectivity index (χ3v) is 8.01. The van der Waals surface area contributed by atoms with Crippen LogP contribution in [0.2, 0.25) is 0 Å². The highest BCUT2D eigenvalue weighted by molar-refractivity contribution is 5.91. The van der Waals surface area contributed by atoms with Gasteiger partial charge in [0.25, 0.3) is 0 Å². The number of hydrogen-bond acceptors (Lipinski definition) is 5. The fourth-order valence-electron chi connectivity index (χ4n) is 6.56. The molecule has 4 aliphatic carbocycles. The smallest absolute Gasteiger partial charge is 0.223 e. The van der Waals surface area contributed by atoms with Gasteiger partial charge in [-0.1, -0.05) is 24.3 Å². The van der Waals surface area contributed by atoms with Gasteiger partial charge in [0.1, 0.15) is 11.4 Å². The number of primary amides is 1. The molecule has 2 atom stereocenters. The van der Waals surface area contributed by atoms with Crippen LogP contribution in [0.1, 0.15) is 51.6 Å². The van der Waals surface area contributed by atoms with Crippen LogP contribution in [0.25, 0.3) is 10.9 Å². The number of rotatable bonds is 6. The summed E-state index contributed by atoms with van der Waals surface area (Å²) in [6.45, 7) is 4.17. The predicted molar refractivity (Wildman–Crippen MR) is 126 cm³/mol. The maximum atomic E-state index is 12.3. The fourth-order valence-corrected chi connectivity index (χ4v) is 6.56. The molecule has 1 heterocycles. The number of aliphatic imine (C=N–C) groups is 1. The molecule has 0 aliphatic heterocycles. The average Bonchev–Trinajstić information content (AvgIpc) is 2.78. The zero-order valence-electron chi connectivity index (χ0n) is 19.3. The Labute approximate surface area is 194 Å². The predicted octanol–water partition coefficient (Wildman–Crippen LogP) is 3.68. The van der Waals surface area contributed by atoms with Gasteiger partial charge in [-0.15, -0.1) is 0 Å². The summed E-state index contributed by atoms with van der Waals surface area (Å²) in [4.78, 5) is 22.0. The second-order valence-electron chi connectivity index (χ2n) is 10.6. The van der Waals surface area contributed by atoms with Crippen molar-refractivity contribution in [3.8, 4) is 6.19 Å². The van der Waals surface area contributed by atoms with Gasteiger partial charge < -0.3 is 10.5 Å². The molecule has 7 nitrogen and oxygen atoms in total. The van der Waals surface area contributed by atoms with E-state index in [9.17, 15) is 10.1 Å². The Hall–Kier alpha value is -2.98. The first-order chi connectivity index (χ1) is 15.8. The minimum Gasteiger partial charge on any atom is -0.369 e. The minimum atomic E-state index is -0.793. The number of pyridine rings is 1. The van der Waals surface area contributed by atoms with Crippen molar-refractivity contribution < 1.29 is 9.53 Å². The molecule has 4 bridgehead atoms.